The normalized spacial score (nSPS) is 21.3. The van der Waals surface area contributed by atoms with Gasteiger partial charge in [0.2, 0.25) is 0 Å². The van der Waals surface area contributed by atoms with Gasteiger partial charge in [0, 0.05) is 18.9 Å². The highest BCUT2D eigenvalue weighted by atomic mass is 19.3. The van der Waals surface area contributed by atoms with E-state index in [4.69, 9.17) is 0 Å². The molecule has 2 rings (SSSR count). The van der Waals surface area contributed by atoms with Gasteiger partial charge in [-0.1, -0.05) is 18.2 Å². The van der Waals surface area contributed by atoms with Crippen LogP contribution in [0.1, 0.15) is 12.0 Å². The summed E-state index contributed by atoms with van der Waals surface area (Å²) in [5, 5.41) is 2.91. The highest BCUT2D eigenvalue weighted by Gasteiger charge is 2.41. The second kappa shape index (κ2) is 4.45. The molecule has 1 atom stereocenters. The van der Waals surface area contributed by atoms with Crippen molar-refractivity contribution in [2.75, 3.05) is 13.1 Å². The molecule has 1 aromatic rings. The number of halogens is 3. The second-order valence-corrected chi connectivity index (χ2v) is 4.22. The van der Waals surface area contributed by atoms with Crippen LogP contribution in [0.3, 0.4) is 0 Å². The fourth-order valence-corrected chi connectivity index (χ4v) is 2.06. The minimum absolute atomic E-state index is 0.0967. The van der Waals surface area contributed by atoms with E-state index >= 15 is 0 Å². The molecule has 1 nitrogen and oxygen atoms in total. The van der Waals surface area contributed by atoms with Gasteiger partial charge < -0.3 is 5.32 Å². The van der Waals surface area contributed by atoms with Gasteiger partial charge in [-0.05, 0) is 24.6 Å². The molecule has 88 valence electrons. The number of alkyl halides is 2. The maximum Gasteiger partial charge on any atom is 0.256 e. The first-order valence-corrected chi connectivity index (χ1v) is 5.41. The van der Waals surface area contributed by atoms with E-state index in [0.717, 1.165) is 0 Å². The van der Waals surface area contributed by atoms with Crippen LogP contribution in [-0.4, -0.2) is 19.0 Å². The molecule has 0 radical (unpaired) electrons. The van der Waals surface area contributed by atoms with E-state index in [9.17, 15) is 13.2 Å². The summed E-state index contributed by atoms with van der Waals surface area (Å²) in [7, 11) is 0. The monoisotopic (exact) mass is 229 g/mol. The highest BCUT2D eigenvalue weighted by Crippen LogP contribution is 2.33. The number of hydrogen-bond donors (Lipinski definition) is 1. The first-order valence-electron chi connectivity index (χ1n) is 5.41. The SMILES string of the molecule is Fc1ccccc1CC(F)(F)C1CCNC1. The lowest BCUT2D eigenvalue weighted by Gasteiger charge is -2.22. The average Bonchev–Trinajstić information content (AvgIpc) is 2.75. The quantitative estimate of drug-likeness (QED) is 0.840. The van der Waals surface area contributed by atoms with Crippen LogP contribution in [0.5, 0.6) is 0 Å². The standard InChI is InChI=1S/C12H14F3N/c13-11-4-2-1-3-9(11)7-12(14,15)10-5-6-16-8-10/h1-4,10,16H,5-8H2. The molecule has 1 N–H and O–H groups in total. The molecule has 0 aliphatic carbocycles. The van der Waals surface area contributed by atoms with Gasteiger partial charge in [0.15, 0.2) is 0 Å². The minimum Gasteiger partial charge on any atom is -0.316 e. The van der Waals surface area contributed by atoms with Crippen molar-refractivity contribution in [2.24, 2.45) is 5.92 Å². The highest BCUT2D eigenvalue weighted by molar-refractivity contribution is 5.19. The Hall–Kier alpha value is -1.03. The molecule has 4 heteroatoms. The van der Waals surface area contributed by atoms with Crippen molar-refractivity contribution in [3.05, 3.63) is 35.6 Å². The van der Waals surface area contributed by atoms with Crippen molar-refractivity contribution in [1.82, 2.24) is 5.32 Å². The smallest absolute Gasteiger partial charge is 0.256 e. The number of hydrogen-bond acceptors (Lipinski definition) is 1. The lowest BCUT2D eigenvalue weighted by atomic mass is 9.94. The molecule has 0 spiro atoms. The zero-order valence-electron chi connectivity index (χ0n) is 8.85. The molecular weight excluding hydrogens is 215 g/mol. The summed E-state index contributed by atoms with van der Waals surface area (Å²) in [4.78, 5) is 0. The van der Waals surface area contributed by atoms with Crippen LogP contribution in [-0.2, 0) is 6.42 Å². The topological polar surface area (TPSA) is 12.0 Å². The summed E-state index contributed by atoms with van der Waals surface area (Å²) in [5.41, 5.74) is 0.0967. The second-order valence-electron chi connectivity index (χ2n) is 4.22. The van der Waals surface area contributed by atoms with E-state index in [2.05, 4.69) is 5.32 Å². The van der Waals surface area contributed by atoms with E-state index in [1.54, 1.807) is 6.07 Å². The molecule has 0 amide bonds. The first kappa shape index (κ1) is 11.5. The zero-order chi connectivity index (χ0) is 11.6. The lowest BCUT2D eigenvalue weighted by molar-refractivity contribution is -0.0505. The number of nitrogens with one attached hydrogen (secondary N) is 1. The fraction of sp³-hybridized carbons (Fsp3) is 0.500. The van der Waals surface area contributed by atoms with Crippen molar-refractivity contribution in [3.63, 3.8) is 0 Å². The third-order valence-electron chi connectivity index (χ3n) is 3.04. The Morgan fingerprint density at radius 1 is 1.31 bits per heavy atom. The fourth-order valence-electron chi connectivity index (χ4n) is 2.06. The molecule has 16 heavy (non-hydrogen) atoms. The molecule has 1 aliphatic heterocycles. The molecule has 1 heterocycles. The van der Waals surface area contributed by atoms with E-state index in [0.29, 0.717) is 19.5 Å². The lowest BCUT2D eigenvalue weighted by Crippen LogP contribution is -2.32. The van der Waals surface area contributed by atoms with Gasteiger partial charge in [-0.3, -0.25) is 0 Å². The van der Waals surface area contributed by atoms with Crippen molar-refractivity contribution < 1.29 is 13.2 Å². The van der Waals surface area contributed by atoms with E-state index in [-0.39, 0.29) is 5.56 Å². The Bertz CT molecular complexity index is 359. The van der Waals surface area contributed by atoms with Crippen molar-refractivity contribution in [2.45, 2.75) is 18.8 Å². The Balaban J connectivity index is 2.10. The molecular formula is C12H14F3N. The Labute approximate surface area is 92.7 Å². The van der Waals surface area contributed by atoms with Crippen LogP contribution in [0.15, 0.2) is 24.3 Å². The van der Waals surface area contributed by atoms with Crippen molar-refractivity contribution in [3.8, 4) is 0 Å². The molecule has 0 bridgehead atoms. The number of rotatable bonds is 3. The van der Waals surface area contributed by atoms with Crippen molar-refractivity contribution in [1.29, 1.82) is 0 Å². The van der Waals surface area contributed by atoms with E-state index in [1.165, 1.54) is 18.2 Å². The molecule has 1 fully saturated rings. The molecule has 1 saturated heterocycles. The Morgan fingerprint density at radius 3 is 2.69 bits per heavy atom. The molecule has 1 aromatic carbocycles. The van der Waals surface area contributed by atoms with E-state index < -0.39 is 24.1 Å². The van der Waals surface area contributed by atoms with Crippen LogP contribution >= 0.6 is 0 Å². The van der Waals surface area contributed by atoms with Crippen LogP contribution < -0.4 is 5.32 Å². The van der Waals surface area contributed by atoms with Gasteiger partial charge in [0.05, 0.1) is 0 Å². The van der Waals surface area contributed by atoms with Crippen LogP contribution in [0.2, 0.25) is 0 Å². The molecule has 0 saturated carbocycles. The predicted octanol–water partition coefficient (Wildman–Crippen LogP) is 2.61. The first-order chi connectivity index (χ1) is 7.59. The van der Waals surface area contributed by atoms with Crippen LogP contribution in [0, 0.1) is 11.7 Å². The van der Waals surface area contributed by atoms with Crippen LogP contribution in [0.25, 0.3) is 0 Å². The summed E-state index contributed by atoms with van der Waals surface area (Å²) in [6.07, 6.45) is -0.0481. The summed E-state index contributed by atoms with van der Waals surface area (Å²) < 4.78 is 40.8. The summed E-state index contributed by atoms with van der Waals surface area (Å²) in [6.45, 7) is 0.943. The Morgan fingerprint density at radius 2 is 2.06 bits per heavy atom. The van der Waals surface area contributed by atoms with Gasteiger partial charge in [-0.15, -0.1) is 0 Å². The van der Waals surface area contributed by atoms with Gasteiger partial charge >= 0.3 is 0 Å². The number of benzene rings is 1. The van der Waals surface area contributed by atoms with Crippen LogP contribution in [0.4, 0.5) is 13.2 Å². The predicted molar refractivity (Wildman–Crippen MR) is 56.0 cm³/mol. The third kappa shape index (κ3) is 2.38. The summed E-state index contributed by atoms with van der Waals surface area (Å²) in [5.74, 6) is -4.05. The van der Waals surface area contributed by atoms with Crippen molar-refractivity contribution >= 4 is 0 Å². The van der Waals surface area contributed by atoms with Gasteiger partial charge in [0.25, 0.3) is 5.92 Å². The van der Waals surface area contributed by atoms with Gasteiger partial charge in [-0.2, -0.15) is 0 Å². The Kier molecular flexibility index (Phi) is 3.19. The maximum atomic E-state index is 13.8. The molecule has 0 aromatic heterocycles. The molecule has 1 unspecified atom stereocenters. The van der Waals surface area contributed by atoms with E-state index in [1.807, 2.05) is 0 Å². The minimum atomic E-state index is -2.83. The largest absolute Gasteiger partial charge is 0.316 e. The van der Waals surface area contributed by atoms with Gasteiger partial charge in [0.1, 0.15) is 5.82 Å². The maximum absolute atomic E-state index is 13.8. The summed E-state index contributed by atoms with van der Waals surface area (Å²) >= 11 is 0. The zero-order valence-corrected chi connectivity index (χ0v) is 8.85. The summed E-state index contributed by atoms with van der Waals surface area (Å²) in [6, 6.07) is 5.74. The molecule has 1 aliphatic rings. The average molecular weight is 229 g/mol. The third-order valence-corrected chi connectivity index (χ3v) is 3.04. The van der Waals surface area contributed by atoms with Gasteiger partial charge in [-0.25, -0.2) is 13.2 Å².